The Balaban J connectivity index is 1.25. The maximum absolute atomic E-state index is 13.7. The normalized spacial score (nSPS) is 13.6. The number of halogens is 4. The summed E-state index contributed by atoms with van der Waals surface area (Å²) in [6, 6.07) is 18.8. The van der Waals surface area contributed by atoms with Crippen LogP contribution in [0.5, 0.6) is 0 Å². The number of fused-ring (bicyclic) bond motifs is 8. The van der Waals surface area contributed by atoms with Gasteiger partial charge in [-0.1, -0.05) is 0 Å². The molecule has 5 heterocycles. The molecule has 0 fully saturated rings. The molecule has 0 saturated heterocycles. The third kappa shape index (κ3) is 7.93. The summed E-state index contributed by atoms with van der Waals surface area (Å²) in [4.78, 5) is 16.5. The van der Waals surface area contributed by atoms with Crippen molar-refractivity contribution >= 4 is 46.4 Å². The van der Waals surface area contributed by atoms with Crippen molar-refractivity contribution in [1.82, 2.24) is 19.9 Å². The zero-order valence-corrected chi connectivity index (χ0v) is 27.4. The Hall–Kier alpha value is -5.32. The molecule has 0 saturated carbocycles. The number of hydrogen-bond donors (Lipinski definition) is 2. The first-order valence-electron chi connectivity index (χ1n) is 16.4. The highest BCUT2D eigenvalue weighted by Gasteiger charge is 2.15. The highest BCUT2D eigenvalue weighted by molar-refractivity contribution is 5.79. The van der Waals surface area contributed by atoms with E-state index in [1.165, 1.54) is 24.3 Å². The molecule has 5 aromatic rings. The van der Waals surface area contributed by atoms with Gasteiger partial charge in [-0.3, -0.25) is 0 Å². The summed E-state index contributed by atoms with van der Waals surface area (Å²) in [5.41, 5.74) is 9.12. The molecule has 0 aliphatic carbocycles. The molecule has 0 amide bonds. The van der Waals surface area contributed by atoms with E-state index in [4.69, 9.17) is 19.4 Å². The molecular formula is C40H34F4N4O2. The largest absolute Gasteiger partial charge is 0.373 e. The Labute approximate surface area is 286 Å². The number of hydrogen-bond acceptors (Lipinski definition) is 4. The molecule has 7 rings (SSSR count). The highest BCUT2D eigenvalue weighted by atomic mass is 19.1. The molecule has 10 heteroatoms. The molecule has 2 aliphatic rings. The lowest BCUT2D eigenvalue weighted by Gasteiger charge is -2.12. The lowest BCUT2D eigenvalue weighted by molar-refractivity contribution is 0.0689. The van der Waals surface area contributed by atoms with Crippen molar-refractivity contribution in [2.24, 2.45) is 0 Å². The highest BCUT2D eigenvalue weighted by Crippen LogP contribution is 2.29. The van der Waals surface area contributed by atoms with Crippen molar-refractivity contribution < 1.29 is 27.0 Å². The summed E-state index contributed by atoms with van der Waals surface area (Å²) in [6.45, 7) is 4.38. The Morgan fingerprint density at radius 2 is 0.900 bits per heavy atom. The zero-order valence-electron chi connectivity index (χ0n) is 27.4. The second-order valence-corrected chi connectivity index (χ2v) is 12.4. The summed E-state index contributed by atoms with van der Waals surface area (Å²) in [5.74, 6) is -2.48. The van der Waals surface area contributed by atoms with Crippen molar-refractivity contribution in [3.05, 3.63) is 141 Å². The standard InChI is InChI=1S/C40H34F4N4O2/c1-23(49-9-7-25-11-27(41)15-28(42)12-25)37-19-35-18-33-4-3-31(45-33)17-32-5-6-34(46-32)21-39-38(20-36(48-39)22-40(37)47-35)24(2)50-10-8-26-13-29(43)16-30(44)14-26/h3-6,11-24,47-48H,7-10H2,1-2H3. The van der Waals surface area contributed by atoms with Gasteiger partial charge in [-0.15, -0.1) is 0 Å². The quantitative estimate of drug-likeness (QED) is 0.141. The van der Waals surface area contributed by atoms with Crippen LogP contribution in [-0.4, -0.2) is 33.1 Å². The fraction of sp³-hybridized carbons (Fsp3) is 0.200. The Morgan fingerprint density at radius 3 is 1.38 bits per heavy atom. The minimum absolute atomic E-state index is 0.257. The van der Waals surface area contributed by atoms with Gasteiger partial charge in [0.1, 0.15) is 23.3 Å². The van der Waals surface area contributed by atoms with Crippen LogP contribution in [0.2, 0.25) is 0 Å². The molecule has 2 aromatic carbocycles. The predicted octanol–water partition coefficient (Wildman–Crippen LogP) is 9.85. The molecule has 2 N–H and O–H groups in total. The first kappa shape index (κ1) is 33.2. The maximum Gasteiger partial charge on any atom is 0.126 e. The van der Waals surface area contributed by atoms with Gasteiger partial charge in [0.05, 0.1) is 48.2 Å². The van der Waals surface area contributed by atoms with E-state index in [0.29, 0.717) is 24.0 Å². The SMILES string of the molecule is CC(OCCc1cc(F)cc(F)c1)c1cc2cc3[nH]c(cc4nc(cc5nc(cc1[nH]2)C=C5)C=C4)cc3C(C)OCCc1cc(F)cc(F)c1. The fourth-order valence-electron chi connectivity index (χ4n) is 6.21. The van der Waals surface area contributed by atoms with Gasteiger partial charge in [0.25, 0.3) is 0 Å². The van der Waals surface area contributed by atoms with E-state index >= 15 is 0 Å². The van der Waals surface area contributed by atoms with E-state index in [2.05, 4.69) is 9.97 Å². The van der Waals surface area contributed by atoms with Crippen molar-refractivity contribution in [1.29, 1.82) is 0 Å². The van der Waals surface area contributed by atoms with Gasteiger partial charge in [0, 0.05) is 45.3 Å². The molecule has 0 spiro atoms. The number of benzene rings is 2. The maximum atomic E-state index is 13.7. The van der Waals surface area contributed by atoms with Crippen LogP contribution >= 0.6 is 0 Å². The zero-order chi connectivity index (χ0) is 34.8. The van der Waals surface area contributed by atoms with Gasteiger partial charge in [0.2, 0.25) is 0 Å². The summed E-state index contributed by atoms with van der Waals surface area (Å²) in [5, 5.41) is 0. The second kappa shape index (κ2) is 14.3. The van der Waals surface area contributed by atoms with Crippen LogP contribution in [0.15, 0.2) is 72.8 Å². The molecule has 50 heavy (non-hydrogen) atoms. The molecule has 2 aliphatic heterocycles. The third-order valence-electron chi connectivity index (χ3n) is 8.60. The minimum atomic E-state index is -0.620. The summed E-state index contributed by atoms with van der Waals surface area (Å²) in [6.07, 6.45) is 7.71. The van der Waals surface area contributed by atoms with E-state index in [0.717, 1.165) is 68.1 Å². The molecule has 2 unspecified atom stereocenters. The first-order chi connectivity index (χ1) is 24.1. The molecule has 3 aromatic heterocycles. The van der Waals surface area contributed by atoms with Crippen molar-refractivity contribution in [2.75, 3.05) is 13.2 Å². The van der Waals surface area contributed by atoms with E-state index in [-0.39, 0.29) is 25.4 Å². The average Bonchev–Trinajstić information content (AvgIpc) is 3.85. The van der Waals surface area contributed by atoms with Crippen LogP contribution in [0.4, 0.5) is 17.6 Å². The van der Waals surface area contributed by atoms with Crippen molar-refractivity contribution in [2.45, 2.75) is 38.9 Å². The van der Waals surface area contributed by atoms with Gasteiger partial charge in [-0.05, 0) is 123 Å². The van der Waals surface area contributed by atoms with E-state index in [1.54, 1.807) is 0 Å². The lowest BCUT2D eigenvalue weighted by atomic mass is 10.1. The monoisotopic (exact) mass is 678 g/mol. The van der Waals surface area contributed by atoms with Crippen LogP contribution in [0.25, 0.3) is 46.4 Å². The Morgan fingerprint density at radius 1 is 0.500 bits per heavy atom. The van der Waals surface area contributed by atoms with Crippen LogP contribution in [0, 0.1) is 23.3 Å². The number of aromatic nitrogens is 4. The summed E-state index contributed by atoms with van der Waals surface area (Å²) < 4.78 is 67.3. The summed E-state index contributed by atoms with van der Waals surface area (Å²) >= 11 is 0. The van der Waals surface area contributed by atoms with Gasteiger partial charge < -0.3 is 19.4 Å². The molecule has 8 bridgehead atoms. The Bertz CT molecular complexity index is 2250. The number of H-pyrrole nitrogens is 2. The number of ether oxygens (including phenoxy) is 2. The first-order valence-corrected chi connectivity index (χ1v) is 16.4. The number of rotatable bonds is 10. The average molecular weight is 679 g/mol. The predicted molar refractivity (Wildman–Crippen MR) is 188 cm³/mol. The smallest absolute Gasteiger partial charge is 0.126 e. The molecule has 254 valence electrons. The van der Waals surface area contributed by atoms with Crippen LogP contribution < -0.4 is 0 Å². The fourth-order valence-corrected chi connectivity index (χ4v) is 6.21. The lowest BCUT2D eigenvalue weighted by Crippen LogP contribution is -2.04. The van der Waals surface area contributed by atoms with Crippen molar-refractivity contribution in [3.8, 4) is 0 Å². The van der Waals surface area contributed by atoms with Gasteiger partial charge in [-0.2, -0.15) is 0 Å². The Kier molecular flexibility index (Phi) is 9.47. The van der Waals surface area contributed by atoms with Crippen molar-refractivity contribution in [3.63, 3.8) is 0 Å². The summed E-state index contributed by atoms with van der Waals surface area (Å²) in [7, 11) is 0. The van der Waals surface area contributed by atoms with Crippen LogP contribution in [-0.2, 0) is 22.3 Å². The molecule has 2 atom stereocenters. The van der Waals surface area contributed by atoms with Gasteiger partial charge in [0.15, 0.2) is 0 Å². The topological polar surface area (TPSA) is 75.8 Å². The number of nitrogens with one attached hydrogen (secondary N) is 2. The van der Waals surface area contributed by atoms with E-state index < -0.39 is 23.3 Å². The third-order valence-corrected chi connectivity index (χ3v) is 8.60. The van der Waals surface area contributed by atoms with Gasteiger partial charge in [-0.25, -0.2) is 27.5 Å². The molecule has 6 nitrogen and oxygen atoms in total. The number of aromatic amines is 2. The number of nitrogens with zero attached hydrogens (tertiary/aromatic N) is 2. The van der Waals surface area contributed by atoms with Crippen LogP contribution in [0.3, 0.4) is 0 Å². The molecule has 0 radical (unpaired) electrons. The van der Waals surface area contributed by atoms with E-state index in [1.807, 2.05) is 74.5 Å². The second-order valence-electron chi connectivity index (χ2n) is 12.4. The minimum Gasteiger partial charge on any atom is -0.373 e. The van der Waals surface area contributed by atoms with Crippen LogP contribution in [0.1, 0.15) is 71.1 Å². The molecular weight excluding hydrogens is 644 g/mol. The van der Waals surface area contributed by atoms with Gasteiger partial charge >= 0.3 is 0 Å². The van der Waals surface area contributed by atoms with E-state index in [9.17, 15) is 17.6 Å².